The number of aromatic nitrogens is 1. The van der Waals surface area contributed by atoms with Gasteiger partial charge in [0.15, 0.2) is 0 Å². The molecule has 0 aromatic carbocycles. The minimum Gasteiger partial charge on any atom is -0.353 e. The van der Waals surface area contributed by atoms with Crippen molar-refractivity contribution in [3.05, 3.63) is 24.0 Å². The minimum atomic E-state index is -0.669. The van der Waals surface area contributed by atoms with Gasteiger partial charge in [-0.1, -0.05) is 20.8 Å². The summed E-state index contributed by atoms with van der Waals surface area (Å²) in [7, 11) is 1.98. The van der Waals surface area contributed by atoms with Crippen molar-refractivity contribution < 1.29 is 9.59 Å². The molecule has 0 radical (unpaired) electrons. The Morgan fingerprint density at radius 2 is 1.92 bits per heavy atom. The molecule has 0 bridgehead atoms. The molecule has 0 spiro atoms. The molecule has 0 aliphatic carbocycles. The van der Waals surface area contributed by atoms with Crippen LogP contribution in [0.25, 0.3) is 0 Å². The Balaban J connectivity index is 2.93. The van der Waals surface area contributed by atoms with Crippen molar-refractivity contribution in [2.24, 2.45) is 18.4 Å². The number of hydrogen-bond donors (Lipinski definition) is 0. The van der Waals surface area contributed by atoms with Gasteiger partial charge in [0.1, 0.15) is 0 Å². The van der Waals surface area contributed by atoms with Gasteiger partial charge >= 0.3 is 0 Å². The fourth-order valence-corrected chi connectivity index (χ4v) is 2.94. The van der Waals surface area contributed by atoms with Crippen molar-refractivity contribution in [2.45, 2.75) is 47.6 Å². The van der Waals surface area contributed by atoms with Crippen LogP contribution < -0.4 is 0 Å². The van der Waals surface area contributed by atoms with E-state index in [0.717, 1.165) is 12.1 Å². The fourth-order valence-electron chi connectivity index (χ4n) is 2.82. The first-order valence-electron chi connectivity index (χ1n) is 9.35. The minimum absolute atomic E-state index is 0.0212. The number of hydrogen-bond acceptors (Lipinski definition) is 2. The van der Waals surface area contributed by atoms with Crippen LogP contribution in [0.3, 0.4) is 0 Å². The van der Waals surface area contributed by atoms with Gasteiger partial charge in [-0.2, -0.15) is 0 Å². The molecule has 1 aromatic heterocycles. The first-order chi connectivity index (χ1) is 12.1. The maximum Gasteiger partial charge on any atom is 0.242 e. The molecule has 0 saturated carbocycles. The van der Waals surface area contributed by atoms with Crippen molar-refractivity contribution >= 4 is 23.4 Å². The number of rotatable bonds is 10. The molecule has 0 fully saturated rings. The van der Waals surface area contributed by atoms with Gasteiger partial charge in [0, 0.05) is 37.9 Å². The Morgan fingerprint density at radius 3 is 2.38 bits per heavy atom. The van der Waals surface area contributed by atoms with Crippen LogP contribution in [0.2, 0.25) is 0 Å². The van der Waals surface area contributed by atoms with Crippen molar-refractivity contribution in [1.82, 2.24) is 14.4 Å². The van der Waals surface area contributed by atoms with E-state index in [4.69, 9.17) is 11.6 Å². The molecule has 148 valence electrons. The summed E-state index contributed by atoms with van der Waals surface area (Å²) in [4.78, 5) is 29.3. The Hall–Kier alpha value is -1.49. The predicted octanol–water partition coefficient (Wildman–Crippen LogP) is 3.51. The molecule has 1 heterocycles. The lowest BCUT2D eigenvalue weighted by atomic mass is 9.94. The SMILES string of the molecule is CCCN(CC(=O)N(Cc1cccn1C)CC(C)C)C(=O)C(C)(C)CCl. The van der Waals surface area contributed by atoms with E-state index in [1.54, 1.807) is 4.90 Å². The highest BCUT2D eigenvalue weighted by Crippen LogP contribution is 2.21. The summed E-state index contributed by atoms with van der Waals surface area (Å²) in [5.41, 5.74) is 0.409. The zero-order valence-corrected chi connectivity index (χ0v) is 17.8. The first-order valence-corrected chi connectivity index (χ1v) is 9.89. The number of carbonyl (C=O) groups is 2. The number of alkyl halides is 1. The highest BCUT2D eigenvalue weighted by molar-refractivity contribution is 6.19. The standard InChI is InChI=1S/C20H34ClN3O2/c1-7-10-23(19(26)20(4,5)15-21)14-18(25)24(12-16(2)3)13-17-9-8-11-22(17)6/h8-9,11,16H,7,10,12-15H2,1-6H3. The average molecular weight is 384 g/mol. The van der Waals surface area contributed by atoms with Crippen LogP contribution in [0.1, 0.15) is 46.7 Å². The van der Waals surface area contributed by atoms with E-state index >= 15 is 0 Å². The summed E-state index contributed by atoms with van der Waals surface area (Å²) >= 11 is 5.97. The second-order valence-electron chi connectivity index (χ2n) is 8.02. The van der Waals surface area contributed by atoms with Crippen LogP contribution in [0, 0.1) is 11.3 Å². The molecule has 6 heteroatoms. The van der Waals surface area contributed by atoms with E-state index in [1.807, 2.05) is 55.6 Å². The Kier molecular flexibility index (Phi) is 8.68. The number of nitrogens with zero attached hydrogens (tertiary/aromatic N) is 3. The molecule has 0 atom stereocenters. The van der Waals surface area contributed by atoms with Crippen molar-refractivity contribution in [1.29, 1.82) is 0 Å². The van der Waals surface area contributed by atoms with E-state index < -0.39 is 5.41 Å². The Morgan fingerprint density at radius 1 is 1.27 bits per heavy atom. The largest absolute Gasteiger partial charge is 0.353 e. The van der Waals surface area contributed by atoms with Gasteiger partial charge in [-0.3, -0.25) is 9.59 Å². The predicted molar refractivity (Wildman–Crippen MR) is 107 cm³/mol. The third-order valence-electron chi connectivity index (χ3n) is 4.36. The lowest BCUT2D eigenvalue weighted by molar-refractivity contribution is -0.145. The number of amides is 2. The maximum absolute atomic E-state index is 13.0. The Labute approximate surface area is 163 Å². The number of carbonyl (C=O) groups excluding carboxylic acids is 2. The summed E-state index contributed by atoms with van der Waals surface area (Å²) in [5, 5.41) is 0. The molecule has 1 aromatic rings. The normalized spacial score (nSPS) is 11.7. The van der Waals surface area contributed by atoms with Gasteiger partial charge in [0.05, 0.1) is 18.5 Å². The van der Waals surface area contributed by atoms with E-state index in [-0.39, 0.29) is 24.2 Å². The molecule has 0 saturated heterocycles. The molecular formula is C20H34ClN3O2. The van der Waals surface area contributed by atoms with Crippen LogP contribution >= 0.6 is 11.6 Å². The molecule has 0 aliphatic heterocycles. The second-order valence-corrected chi connectivity index (χ2v) is 8.29. The lowest BCUT2D eigenvalue weighted by Gasteiger charge is -2.32. The van der Waals surface area contributed by atoms with Crippen LogP contribution in [0.5, 0.6) is 0 Å². The van der Waals surface area contributed by atoms with Gasteiger partial charge in [-0.05, 0) is 38.3 Å². The van der Waals surface area contributed by atoms with Crippen LogP contribution in [0.15, 0.2) is 18.3 Å². The topological polar surface area (TPSA) is 45.6 Å². The fraction of sp³-hybridized carbons (Fsp3) is 0.700. The molecular weight excluding hydrogens is 350 g/mol. The molecule has 0 unspecified atom stereocenters. The van der Waals surface area contributed by atoms with E-state index in [9.17, 15) is 9.59 Å². The first kappa shape index (κ1) is 22.6. The van der Waals surface area contributed by atoms with Gasteiger partial charge < -0.3 is 14.4 Å². The van der Waals surface area contributed by atoms with Crippen molar-refractivity contribution in [3.8, 4) is 0 Å². The van der Waals surface area contributed by atoms with Crippen LogP contribution in [-0.4, -0.2) is 51.7 Å². The molecule has 2 amide bonds. The Bertz CT molecular complexity index is 596. The number of aryl methyl sites for hydroxylation is 1. The quantitative estimate of drug-likeness (QED) is 0.580. The number of halogens is 1. The molecule has 26 heavy (non-hydrogen) atoms. The van der Waals surface area contributed by atoms with Gasteiger partial charge in [0.25, 0.3) is 0 Å². The third kappa shape index (κ3) is 6.35. The van der Waals surface area contributed by atoms with Crippen LogP contribution in [0.4, 0.5) is 0 Å². The van der Waals surface area contributed by atoms with E-state index in [1.165, 1.54) is 0 Å². The van der Waals surface area contributed by atoms with Crippen molar-refractivity contribution in [2.75, 3.05) is 25.5 Å². The van der Waals surface area contributed by atoms with Gasteiger partial charge in [-0.25, -0.2) is 0 Å². The van der Waals surface area contributed by atoms with Crippen molar-refractivity contribution in [3.63, 3.8) is 0 Å². The van der Waals surface area contributed by atoms with Gasteiger partial charge in [-0.15, -0.1) is 11.6 Å². The monoisotopic (exact) mass is 383 g/mol. The highest BCUT2D eigenvalue weighted by Gasteiger charge is 2.32. The van der Waals surface area contributed by atoms with Crippen LogP contribution in [-0.2, 0) is 23.2 Å². The average Bonchev–Trinajstić information content (AvgIpc) is 2.97. The van der Waals surface area contributed by atoms with E-state index in [2.05, 4.69) is 13.8 Å². The van der Waals surface area contributed by atoms with E-state index in [0.29, 0.717) is 25.6 Å². The lowest BCUT2D eigenvalue weighted by Crippen LogP contribution is -2.48. The summed E-state index contributed by atoms with van der Waals surface area (Å²) in [6, 6.07) is 4.00. The zero-order chi connectivity index (χ0) is 19.9. The van der Waals surface area contributed by atoms with Gasteiger partial charge in [0.2, 0.25) is 11.8 Å². The molecule has 0 N–H and O–H groups in total. The summed E-state index contributed by atoms with van der Waals surface area (Å²) in [6.45, 7) is 11.7. The summed E-state index contributed by atoms with van der Waals surface area (Å²) in [5.74, 6) is 0.506. The second kappa shape index (κ2) is 10.0. The summed E-state index contributed by atoms with van der Waals surface area (Å²) in [6.07, 6.45) is 2.78. The smallest absolute Gasteiger partial charge is 0.242 e. The molecule has 5 nitrogen and oxygen atoms in total. The zero-order valence-electron chi connectivity index (χ0n) is 17.1. The maximum atomic E-state index is 13.0. The molecule has 0 aliphatic rings. The highest BCUT2D eigenvalue weighted by atomic mass is 35.5. The summed E-state index contributed by atoms with van der Waals surface area (Å²) < 4.78 is 2.02. The third-order valence-corrected chi connectivity index (χ3v) is 5.03. The molecule has 1 rings (SSSR count).